The summed E-state index contributed by atoms with van der Waals surface area (Å²) in [5.74, 6) is 0. The molecule has 1 unspecified atom stereocenters. The Morgan fingerprint density at radius 2 is 2.21 bits per heavy atom. The molecule has 1 atom stereocenters. The van der Waals surface area contributed by atoms with E-state index in [2.05, 4.69) is 10.3 Å². The summed E-state index contributed by atoms with van der Waals surface area (Å²) >= 11 is 1.41. The van der Waals surface area contributed by atoms with E-state index < -0.39 is 12.7 Å². The molecule has 1 rings (SSSR count). The maximum absolute atomic E-state index is 11.9. The Morgan fingerprint density at radius 1 is 1.57 bits per heavy atom. The smallest absolute Gasteiger partial charge is 0.300 e. The van der Waals surface area contributed by atoms with Crippen LogP contribution in [0.1, 0.15) is 22.9 Å². The number of rotatable bonds is 3. The summed E-state index contributed by atoms with van der Waals surface area (Å²) in [5.41, 5.74) is 0. The number of halogens is 3. The van der Waals surface area contributed by atoms with Crippen LogP contribution in [0.2, 0.25) is 0 Å². The van der Waals surface area contributed by atoms with Gasteiger partial charge in [-0.1, -0.05) is 0 Å². The molecule has 1 aromatic heterocycles. The molecule has 1 aromatic rings. The minimum absolute atomic E-state index is 0.352. The zero-order valence-corrected chi connectivity index (χ0v) is 8.67. The number of hydrogen-bond acceptors (Lipinski definition) is 3. The second-order valence-electron chi connectivity index (χ2n) is 3.03. The van der Waals surface area contributed by atoms with Gasteiger partial charge in [-0.3, -0.25) is 5.32 Å². The Kier molecular flexibility index (Phi) is 3.49. The molecular formula is C8H11F3N2S. The largest absolute Gasteiger partial charge is 0.401 e. The number of nitrogens with zero attached hydrogens (tertiary/aromatic N) is 1. The summed E-state index contributed by atoms with van der Waals surface area (Å²) in [6.45, 7) is 2.56. The van der Waals surface area contributed by atoms with Crippen LogP contribution < -0.4 is 5.32 Å². The fourth-order valence-corrected chi connectivity index (χ4v) is 1.73. The van der Waals surface area contributed by atoms with Crippen LogP contribution in [0, 0.1) is 6.92 Å². The van der Waals surface area contributed by atoms with Gasteiger partial charge in [0.2, 0.25) is 0 Å². The van der Waals surface area contributed by atoms with Crippen LogP contribution in [0.4, 0.5) is 13.2 Å². The molecule has 0 radical (unpaired) electrons. The van der Waals surface area contributed by atoms with Crippen molar-refractivity contribution in [3.05, 3.63) is 16.1 Å². The Hall–Kier alpha value is -0.620. The number of aromatic nitrogens is 1. The lowest BCUT2D eigenvalue weighted by Gasteiger charge is -2.12. The third kappa shape index (κ3) is 3.63. The Bertz CT molecular complexity index is 295. The molecule has 0 saturated carbocycles. The van der Waals surface area contributed by atoms with E-state index in [1.54, 1.807) is 13.1 Å². The van der Waals surface area contributed by atoms with Crippen LogP contribution in [0.5, 0.6) is 0 Å². The van der Waals surface area contributed by atoms with Gasteiger partial charge < -0.3 is 0 Å². The molecule has 80 valence electrons. The molecule has 0 fully saturated rings. The molecule has 2 nitrogen and oxygen atoms in total. The normalized spacial score (nSPS) is 14.4. The number of alkyl halides is 3. The number of thiazole rings is 1. The van der Waals surface area contributed by atoms with Crippen molar-refractivity contribution in [1.29, 1.82) is 0 Å². The average Bonchev–Trinajstić information content (AvgIpc) is 2.46. The van der Waals surface area contributed by atoms with Crippen molar-refractivity contribution < 1.29 is 13.2 Å². The molecule has 0 amide bonds. The van der Waals surface area contributed by atoms with Gasteiger partial charge in [0.15, 0.2) is 0 Å². The van der Waals surface area contributed by atoms with Crippen LogP contribution in [0.25, 0.3) is 0 Å². The van der Waals surface area contributed by atoms with Crippen molar-refractivity contribution in [3.63, 3.8) is 0 Å². The van der Waals surface area contributed by atoms with Crippen molar-refractivity contribution >= 4 is 11.3 Å². The lowest BCUT2D eigenvalue weighted by molar-refractivity contribution is -0.126. The Balaban J connectivity index is 2.47. The van der Waals surface area contributed by atoms with Gasteiger partial charge in [0.05, 0.1) is 12.6 Å². The van der Waals surface area contributed by atoms with E-state index >= 15 is 0 Å². The molecule has 1 heterocycles. The predicted molar refractivity (Wildman–Crippen MR) is 49.3 cm³/mol. The van der Waals surface area contributed by atoms with Gasteiger partial charge in [-0.05, 0) is 13.8 Å². The van der Waals surface area contributed by atoms with Gasteiger partial charge in [-0.2, -0.15) is 13.2 Å². The van der Waals surface area contributed by atoms with E-state index in [1.807, 2.05) is 6.92 Å². The topological polar surface area (TPSA) is 24.9 Å². The highest BCUT2D eigenvalue weighted by molar-refractivity contribution is 7.11. The van der Waals surface area contributed by atoms with Crippen molar-refractivity contribution in [1.82, 2.24) is 10.3 Å². The first-order chi connectivity index (χ1) is 6.38. The van der Waals surface area contributed by atoms with Crippen molar-refractivity contribution in [2.24, 2.45) is 0 Å². The number of aryl methyl sites for hydroxylation is 1. The van der Waals surface area contributed by atoms with Crippen molar-refractivity contribution in [2.75, 3.05) is 6.54 Å². The first-order valence-corrected chi connectivity index (χ1v) is 4.92. The molecule has 0 aromatic carbocycles. The Morgan fingerprint density at radius 3 is 2.64 bits per heavy atom. The summed E-state index contributed by atoms with van der Waals surface area (Å²) in [6, 6.07) is -0.352. The number of nitrogens with one attached hydrogen (secondary N) is 1. The first kappa shape index (κ1) is 11.5. The molecule has 0 bridgehead atoms. The summed E-state index contributed by atoms with van der Waals surface area (Å²) in [6.07, 6.45) is -2.51. The second kappa shape index (κ2) is 4.27. The van der Waals surface area contributed by atoms with Crippen LogP contribution in [0.3, 0.4) is 0 Å². The minimum Gasteiger partial charge on any atom is -0.300 e. The van der Waals surface area contributed by atoms with E-state index in [-0.39, 0.29) is 6.04 Å². The standard InChI is InChI=1S/C8H11F3N2S/c1-5-3-12-7(14-5)6(2)13-4-8(9,10)11/h3,6,13H,4H2,1-2H3. The van der Waals surface area contributed by atoms with E-state index in [1.165, 1.54) is 11.3 Å². The molecule has 0 aliphatic rings. The Labute approximate surface area is 84.2 Å². The summed E-state index contributed by atoms with van der Waals surface area (Å²) in [7, 11) is 0. The molecule has 0 aliphatic heterocycles. The van der Waals surface area contributed by atoms with Crippen molar-refractivity contribution in [2.45, 2.75) is 26.1 Å². The highest BCUT2D eigenvalue weighted by Gasteiger charge is 2.27. The van der Waals surface area contributed by atoms with Crippen LogP contribution >= 0.6 is 11.3 Å². The van der Waals surface area contributed by atoms with Gasteiger partial charge in [0.1, 0.15) is 5.01 Å². The summed E-state index contributed by atoms with van der Waals surface area (Å²) in [4.78, 5) is 5.01. The number of hydrogen-bond donors (Lipinski definition) is 1. The van der Waals surface area contributed by atoms with E-state index in [4.69, 9.17) is 0 Å². The monoisotopic (exact) mass is 224 g/mol. The highest BCUT2D eigenvalue weighted by atomic mass is 32.1. The lowest BCUT2D eigenvalue weighted by Crippen LogP contribution is -2.30. The molecule has 1 N–H and O–H groups in total. The van der Waals surface area contributed by atoms with Crippen LogP contribution in [-0.4, -0.2) is 17.7 Å². The lowest BCUT2D eigenvalue weighted by atomic mass is 10.3. The molecule has 14 heavy (non-hydrogen) atoms. The summed E-state index contributed by atoms with van der Waals surface area (Å²) in [5, 5.41) is 3.06. The molecule has 0 saturated heterocycles. The third-order valence-electron chi connectivity index (χ3n) is 1.62. The van der Waals surface area contributed by atoms with Gasteiger partial charge in [-0.25, -0.2) is 4.98 Å². The first-order valence-electron chi connectivity index (χ1n) is 4.11. The maximum atomic E-state index is 11.9. The fraction of sp³-hybridized carbons (Fsp3) is 0.625. The van der Waals surface area contributed by atoms with E-state index in [0.717, 1.165) is 4.88 Å². The van der Waals surface area contributed by atoms with Gasteiger partial charge in [0.25, 0.3) is 0 Å². The maximum Gasteiger partial charge on any atom is 0.401 e. The van der Waals surface area contributed by atoms with Crippen molar-refractivity contribution in [3.8, 4) is 0 Å². The van der Waals surface area contributed by atoms with E-state index in [9.17, 15) is 13.2 Å². The molecule has 0 aliphatic carbocycles. The molecular weight excluding hydrogens is 213 g/mol. The quantitative estimate of drug-likeness (QED) is 0.853. The predicted octanol–water partition coefficient (Wildman–Crippen LogP) is 2.66. The van der Waals surface area contributed by atoms with Crippen LogP contribution in [0.15, 0.2) is 6.20 Å². The van der Waals surface area contributed by atoms with Gasteiger partial charge in [-0.15, -0.1) is 11.3 Å². The minimum atomic E-state index is -4.17. The van der Waals surface area contributed by atoms with Gasteiger partial charge in [0, 0.05) is 11.1 Å². The highest BCUT2D eigenvalue weighted by Crippen LogP contribution is 2.20. The summed E-state index contributed by atoms with van der Waals surface area (Å²) < 4.78 is 35.6. The third-order valence-corrected chi connectivity index (χ3v) is 2.71. The van der Waals surface area contributed by atoms with Crippen LogP contribution in [-0.2, 0) is 0 Å². The second-order valence-corrected chi connectivity index (χ2v) is 4.29. The molecule has 0 spiro atoms. The SMILES string of the molecule is Cc1cnc(C(C)NCC(F)(F)F)s1. The zero-order valence-electron chi connectivity index (χ0n) is 7.85. The fourth-order valence-electron chi connectivity index (χ4n) is 0.928. The van der Waals surface area contributed by atoms with Gasteiger partial charge >= 0.3 is 6.18 Å². The molecule has 6 heteroatoms. The van der Waals surface area contributed by atoms with E-state index in [0.29, 0.717) is 5.01 Å². The zero-order chi connectivity index (χ0) is 10.8. The average molecular weight is 224 g/mol.